The van der Waals surface area contributed by atoms with Crippen molar-refractivity contribution in [2.45, 2.75) is 15.3 Å². The van der Waals surface area contributed by atoms with E-state index in [0.29, 0.717) is 0 Å². The molecular weight excluding hydrogens is 287 g/mol. The molecule has 0 saturated carbocycles. The van der Waals surface area contributed by atoms with Crippen molar-refractivity contribution in [1.82, 2.24) is 0 Å². The number of methoxy groups -OCH3 is 1. The van der Waals surface area contributed by atoms with Crippen molar-refractivity contribution in [3.63, 3.8) is 0 Å². The third-order valence-electron chi connectivity index (χ3n) is 1.85. The van der Waals surface area contributed by atoms with Crippen LogP contribution >= 0.6 is 24.4 Å². The lowest BCUT2D eigenvalue weighted by atomic mass is 10.1. The van der Waals surface area contributed by atoms with Gasteiger partial charge < -0.3 is 4.74 Å². The number of esters is 1. The Bertz CT molecular complexity index is 523. The molecule has 0 radical (unpaired) electrons. The van der Waals surface area contributed by atoms with Gasteiger partial charge in [0.05, 0.1) is 18.2 Å². The van der Waals surface area contributed by atoms with E-state index < -0.39 is 23.2 Å². The zero-order chi connectivity index (χ0) is 13.9. The maximum absolute atomic E-state index is 12.3. The first kappa shape index (κ1) is 14.7. The van der Waals surface area contributed by atoms with E-state index in [1.807, 2.05) is 0 Å². The van der Waals surface area contributed by atoms with E-state index in [4.69, 9.17) is 5.26 Å². The van der Waals surface area contributed by atoms with Gasteiger partial charge in [-0.3, -0.25) is 0 Å². The van der Waals surface area contributed by atoms with Crippen LogP contribution in [0.1, 0.15) is 15.9 Å². The number of thiol groups is 1. The lowest BCUT2D eigenvalue weighted by Gasteiger charge is -2.10. The molecule has 1 rings (SSSR count). The zero-order valence-electron chi connectivity index (χ0n) is 8.91. The SMILES string of the molecule is COC(=O)c1cc(SC(F)(F)F)c(C#N)cc1S. The van der Waals surface area contributed by atoms with Crippen molar-refractivity contribution >= 4 is 30.4 Å². The van der Waals surface area contributed by atoms with Crippen LogP contribution < -0.4 is 0 Å². The third kappa shape index (κ3) is 3.58. The van der Waals surface area contributed by atoms with Crippen LogP contribution in [0, 0.1) is 11.3 Å². The average Bonchev–Trinajstić information content (AvgIpc) is 2.28. The summed E-state index contributed by atoms with van der Waals surface area (Å²) in [6.07, 6.45) is 0. The van der Waals surface area contributed by atoms with Gasteiger partial charge in [-0.15, -0.1) is 12.6 Å². The van der Waals surface area contributed by atoms with Crippen molar-refractivity contribution in [1.29, 1.82) is 5.26 Å². The molecule has 8 heteroatoms. The molecule has 1 aromatic rings. The highest BCUT2D eigenvalue weighted by Gasteiger charge is 2.31. The second kappa shape index (κ2) is 5.54. The molecule has 0 saturated heterocycles. The van der Waals surface area contributed by atoms with Crippen molar-refractivity contribution in [3.05, 3.63) is 23.3 Å². The molecule has 1 aromatic carbocycles. The molecule has 96 valence electrons. The Kier molecular flexibility index (Phi) is 4.53. The van der Waals surface area contributed by atoms with Gasteiger partial charge in [0, 0.05) is 9.79 Å². The van der Waals surface area contributed by atoms with E-state index in [2.05, 4.69) is 17.4 Å². The van der Waals surface area contributed by atoms with E-state index >= 15 is 0 Å². The van der Waals surface area contributed by atoms with Gasteiger partial charge in [0.25, 0.3) is 0 Å². The van der Waals surface area contributed by atoms with Crippen LogP contribution in [0.2, 0.25) is 0 Å². The van der Waals surface area contributed by atoms with Crippen LogP contribution in [0.15, 0.2) is 21.9 Å². The first-order chi connectivity index (χ1) is 8.28. The molecular formula is C10H6F3NO2S2. The number of nitrogens with zero attached hydrogens (tertiary/aromatic N) is 1. The van der Waals surface area contributed by atoms with Crippen LogP contribution in [-0.4, -0.2) is 18.6 Å². The van der Waals surface area contributed by atoms with Gasteiger partial charge in [-0.25, -0.2) is 4.79 Å². The van der Waals surface area contributed by atoms with Gasteiger partial charge >= 0.3 is 11.5 Å². The van der Waals surface area contributed by atoms with Crippen LogP contribution in [0.3, 0.4) is 0 Å². The number of rotatable bonds is 2. The van der Waals surface area contributed by atoms with Gasteiger partial charge in [0.1, 0.15) is 6.07 Å². The molecule has 0 atom stereocenters. The van der Waals surface area contributed by atoms with Crippen LogP contribution in [0.25, 0.3) is 0 Å². The summed E-state index contributed by atoms with van der Waals surface area (Å²) in [5.74, 6) is -0.812. The topological polar surface area (TPSA) is 50.1 Å². The maximum Gasteiger partial charge on any atom is 0.446 e. The number of hydrogen-bond donors (Lipinski definition) is 1. The number of thioether (sulfide) groups is 1. The zero-order valence-corrected chi connectivity index (χ0v) is 10.6. The van der Waals surface area contributed by atoms with Gasteiger partial charge in [0.2, 0.25) is 0 Å². The normalized spacial score (nSPS) is 10.9. The molecule has 0 fully saturated rings. The summed E-state index contributed by atoms with van der Waals surface area (Å²) < 4.78 is 41.3. The Balaban J connectivity index is 3.32. The van der Waals surface area contributed by atoms with Crippen LogP contribution in [0.4, 0.5) is 13.2 Å². The van der Waals surface area contributed by atoms with Crippen molar-refractivity contribution in [2.75, 3.05) is 7.11 Å². The number of halogens is 3. The smallest absolute Gasteiger partial charge is 0.446 e. The Morgan fingerprint density at radius 2 is 2.11 bits per heavy atom. The van der Waals surface area contributed by atoms with Gasteiger partial charge in [-0.05, 0) is 23.9 Å². The molecule has 0 bridgehead atoms. The number of carbonyl (C=O) groups excluding carboxylic acids is 1. The first-order valence-electron chi connectivity index (χ1n) is 4.39. The predicted octanol–water partition coefficient (Wildman–Crippen LogP) is 3.25. The highest BCUT2D eigenvalue weighted by atomic mass is 32.2. The molecule has 0 unspecified atom stereocenters. The number of hydrogen-bond acceptors (Lipinski definition) is 5. The van der Waals surface area contributed by atoms with Crippen LogP contribution in [-0.2, 0) is 4.74 Å². The Morgan fingerprint density at radius 1 is 1.50 bits per heavy atom. The summed E-state index contributed by atoms with van der Waals surface area (Å²) >= 11 is 3.47. The molecule has 0 aliphatic heterocycles. The van der Waals surface area contributed by atoms with E-state index in [9.17, 15) is 18.0 Å². The molecule has 0 amide bonds. The number of ether oxygens (including phenoxy) is 1. The molecule has 3 nitrogen and oxygen atoms in total. The van der Waals surface area contributed by atoms with Gasteiger partial charge in [-0.2, -0.15) is 18.4 Å². The van der Waals surface area contributed by atoms with E-state index in [1.54, 1.807) is 6.07 Å². The average molecular weight is 293 g/mol. The molecule has 0 N–H and O–H groups in total. The monoisotopic (exact) mass is 293 g/mol. The summed E-state index contributed by atoms with van der Waals surface area (Å²) in [7, 11) is 1.10. The van der Waals surface area contributed by atoms with Gasteiger partial charge in [-0.1, -0.05) is 0 Å². The van der Waals surface area contributed by atoms with Crippen LogP contribution in [0.5, 0.6) is 0 Å². The highest BCUT2D eigenvalue weighted by molar-refractivity contribution is 8.00. The minimum atomic E-state index is -4.54. The van der Waals surface area contributed by atoms with Gasteiger partial charge in [0.15, 0.2) is 0 Å². The fourth-order valence-electron chi connectivity index (χ4n) is 1.14. The lowest BCUT2D eigenvalue weighted by Crippen LogP contribution is -2.06. The van der Waals surface area contributed by atoms with Crippen molar-refractivity contribution in [3.8, 4) is 6.07 Å². The molecule has 18 heavy (non-hydrogen) atoms. The summed E-state index contributed by atoms with van der Waals surface area (Å²) in [4.78, 5) is 11.0. The van der Waals surface area contributed by atoms with E-state index in [-0.39, 0.29) is 20.9 Å². The molecule has 0 aliphatic carbocycles. The largest absolute Gasteiger partial charge is 0.465 e. The van der Waals surface area contributed by atoms with Crippen molar-refractivity contribution in [2.24, 2.45) is 0 Å². The van der Waals surface area contributed by atoms with E-state index in [0.717, 1.165) is 19.2 Å². The minimum Gasteiger partial charge on any atom is -0.465 e. The number of alkyl halides is 3. The first-order valence-corrected chi connectivity index (χ1v) is 5.66. The molecule has 0 heterocycles. The standard InChI is InChI=1S/C10H6F3NO2S2/c1-16-9(15)6-3-8(18-10(11,12)13)5(4-14)2-7(6)17/h2-3,17H,1H3. The Morgan fingerprint density at radius 3 is 2.56 bits per heavy atom. The number of nitriles is 1. The third-order valence-corrected chi connectivity index (χ3v) is 3.01. The Labute approximate surface area is 110 Å². The molecule has 0 aliphatic rings. The maximum atomic E-state index is 12.3. The van der Waals surface area contributed by atoms with E-state index in [1.165, 1.54) is 0 Å². The minimum absolute atomic E-state index is 0.0879. The molecule has 0 spiro atoms. The Hall–Kier alpha value is -1.33. The second-order valence-electron chi connectivity index (χ2n) is 3.02. The lowest BCUT2D eigenvalue weighted by molar-refractivity contribution is -0.0328. The summed E-state index contributed by atoms with van der Waals surface area (Å²) in [6, 6.07) is 3.67. The highest BCUT2D eigenvalue weighted by Crippen LogP contribution is 2.39. The summed E-state index contributed by atoms with van der Waals surface area (Å²) in [6.45, 7) is 0. The van der Waals surface area contributed by atoms with Crippen molar-refractivity contribution < 1.29 is 22.7 Å². The fraction of sp³-hybridized carbons (Fsp3) is 0.200. The number of benzene rings is 1. The fourth-order valence-corrected chi connectivity index (χ4v) is 2.06. The summed E-state index contributed by atoms with van der Waals surface area (Å²) in [5.41, 5.74) is -4.86. The second-order valence-corrected chi connectivity index (χ2v) is 4.61. The molecule has 0 aromatic heterocycles. The number of carbonyl (C=O) groups is 1. The predicted molar refractivity (Wildman–Crippen MR) is 61.7 cm³/mol. The quantitative estimate of drug-likeness (QED) is 0.516. The summed E-state index contributed by atoms with van der Waals surface area (Å²) in [5, 5.41) is 8.75.